The van der Waals surface area contributed by atoms with Crippen molar-refractivity contribution < 1.29 is 4.79 Å². The van der Waals surface area contributed by atoms with Gasteiger partial charge in [-0.15, -0.1) is 0 Å². The van der Waals surface area contributed by atoms with Gasteiger partial charge in [-0.2, -0.15) is 0 Å². The minimum Gasteiger partial charge on any atom is -0.335 e. The SMILES string of the molecule is CC1(NC(=O)NC2CC2)CCC1. The molecule has 0 bridgehead atoms. The zero-order valence-electron chi connectivity index (χ0n) is 7.52. The minimum absolute atomic E-state index is 0.0275. The van der Waals surface area contributed by atoms with Gasteiger partial charge in [-0.3, -0.25) is 0 Å². The summed E-state index contributed by atoms with van der Waals surface area (Å²) in [5.74, 6) is 0. The second-order valence-electron chi connectivity index (χ2n) is 4.29. The fraction of sp³-hybridized carbons (Fsp3) is 0.889. The molecule has 0 aromatic carbocycles. The van der Waals surface area contributed by atoms with Crippen molar-refractivity contribution in [1.29, 1.82) is 0 Å². The Hall–Kier alpha value is -0.730. The number of rotatable bonds is 2. The molecule has 0 saturated heterocycles. The summed E-state index contributed by atoms with van der Waals surface area (Å²) >= 11 is 0. The fourth-order valence-corrected chi connectivity index (χ4v) is 1.56. The Kier molecular flexibility index (Phi) is 1.74. The van der Waals surface area contributed by atoms with Gasteiger partial charge in [0.2, 0.25) is 0 Å². The zero-order chi connectivity index (χ0) is 8.60. The highest BCUT2D eigenvalue weighted by Gasteiger charge is 2.34. The molecule has 0 aromatic heterocycles. The first-order chi connectivity index (χ1) is 5.68. The molecule has 0 aromatic rings. The van der Waals surface area contributed by atoms with Gasteiger partial charge < -0.3 is 10.6 Å². The normalized spacial score (nSPS) is 25.8. The number of hydrogen-bond acceptors (Lipinski definition) is 1. The van der Waals surface area contributed by atoms with Gasteiger partial charge in [0.25, 0.3) is 0 Å². The highest BCUT2D eigenvalue weighted by Crippen LogP contribution is 2.30. The third-order valence-corrected chi connectivity index (χ3v) is 2.78. The average Bonchev–Trinajstić information content (AvgIpc) is 2.68. The topological polar surface area (TPSA) is 41.1 Å². The maximum absolute atomic E-state index is 11.3. The molecule has 2 N–H and O–H groups in total. The number of hydrogen-bond donors (Lipinski definition) is 2. The predicted octanol–water partition coefficient (Wildman–Crippen LogP) is 1.39. The van der Waals surface area contributed by atoms with E-state index in [1.807, 2.05) is 0 Å². The standard InChI is InChI=1S/C9H16N2O/c1-9(5-2-6-9)11-8(12)10-7-3-4-7/h7H,2-6H2,1H3,(H2,10,11,12). The van der Waals surface area contributed by atoms with Gasteiger partial charge in [-0.05, 0) is 39.0 Å². The summed E-state index contributed by atoms with van der Waals surface area (Å²) in [7, 11) is 0. The van der Waals surface area contributed by atoms with Gasteiger partial charge in [0.1, 0.15) is 0 Å². The van der Waals surface area contributed by atoms with Gasteiger partial charge in [-0.25, -0.2) is 4.79 Å². The lowest BCUT2D eigenvalue weighted by Gasteiger charge is -2.39. The molecule has 3 heteroatoms. The Labute approximate surface area is 72.9 Å². The lowest BCUT2D eigenvalue weighted by molar-refractivity contribution is 0.191. The summed E-state index contributed by atoms with van der Waals surface area (Å²) in [4.78, 5) is 11.3. The van der Waals surface area contributed by atoms with Crippen LogP contribution in [0.1, 0.15) is 39.0 Å². The van der Waals surface area contributed by atoms with Crippen LogP contribution in [0, 0.1) is 0 Å². The molecule has 0 spiro atoms. The molecule has 2 rings (SSSR count). The molecule has 3 nitrogen and oxygen atoms in total. The van der Waals surface area contributed by atoms with Crippen molar-refractivity contribution in [2.24, 2.45) is 0 Å². The smallest absolute Gasteiger partial charge is 0.315 e. The summed E-state index contributed by atoms with van der Waals surface area (Å²) in [6.45, 7) is 2.11. The third kappa shape index (κ3) is 1.71. The van der Waals surface area contributed by atoms with Crippen LogP contribution >= 0.6 is 0 Å². The van der Waals surface area contributed by atoms with Crippen molar-refractivity contribution >= 4 is 6.03 Å². The summed E-state index contributed by atoms with van der Waals surface area (Å²) in [5, 5.41) is 5.94. The van der Waals surface area contributed by atoms with Gasteiger partial charge in [0.15, 0.2) is 0 Å². The molecule has 0 unspecified atom stereocenters. The first-order valence-electron chi connectivity index (χ1n) is 4.77. The summed E-state index contributed by atoms with van der Waals surface area (Å²) < 4.78 is 0. The summed E-state index contributed by atoms with van der Waals surface area (Å²) in [6.07, 6.45) is 5.82. The molecule has 2 aliphatic carbocycles. The van der Waals surface area contributed by atoms with Crippen molar-refractivity contribution in [2.75, 3.05) is 0 Å². The molecule has 68 valence electrons. The van der Waals surface area contributed by atoms with Gasteiger partial charge in [0, 0.05) is 11.6 Å². The summed E-state index contributed by atoms with van der Waals surface area (Å²) in [6, 6.07) is 0.494. The molecule has 0 radical (unpaired) electrons. The highest BCUT2D eigenvalue weighted by molar-refractivity contribution is 5.75. The van der Waals surface area contributed by atoms with Gasteiger partial charge in [-0.1, -0.05) is 0 Å². The Morgan fingerprint density at radius 1 is 1.42 bits per heavy atom. The summed E-state index contributed by atoms with van der Waals surface area (Å²) in [5.41, 5.74) is 0.0962. The third-order valence-electron chi connectivity index (χ3n) is 2.78. The van der Waals surface area contributed by atoms with Crippen LogP contribution in [0.4, 0.5) is 4.79 Å². The lowest BCUT2D eigenvalue weighted by Crippen LogP contribution is -2.54. The maximum atomic E-state index is 11.3. The monoisotopic (exact) mass is 168 g/mol. The average molecular weight is 168 g/mol. The Balaban J connectivity index is 1.73. The van der Waals surface area contributed by atoms with E-state index in [9.17, 15) is 4.79 Å². The quantitative estimate of drug-likeness (QED) is 0.642. The van der Waals surface area contributed by atoms with Crippen molar-refractivity contribution in [1.82, 2.24) is 10.6 Å². The largest absolute Gasteiger partial charge is 0.335 e. The molecule has 0 heterocycles. The Morgan fingerprint density at radius 2 is 2.08 bits per heavy atom. The Bertz CT molecular complexity index is 195. The molecular weight excluding hydrogens is 152 g/mol. The van der Waals surface area contributed by atoms with Crippen molar-refractivity contribution in [3.8, 4) is 0 Å². The number of amides is 2. The van der Waals surface area contributed by atoms with E-state index < -0.39 is 0 Å². The van der Waals surface area contributed by atoms with E-state index in [1.54, 1.807) is 0 Å². The van der Waals surface area contributed by atoms with Crippen LogP contribution in [0.15, 0.2) is 0 Å². The van der Waals surface area contributed by atoms with Crippen LogP contribution in [0.2, 0.25) is 0 Å². The van der Waals surface area contributed by atoms with Crippen LogP contribution < -0.4 is 10.6 Å². The van der Waals surface area contributed by atoms with E-state index in [1.165, 1.54) is 6.42 Å². The van der Waals surface area contributed by atoms with Crippen molar-refractivity contribution in [3.05, 3.63) is 0 Å². The van der Waals surface area contributed by atoms with Crippen LogP contribution in [0.5, 0.6) is 0 Å². The van der Waals surface area contributed by atoms with E-state index in [-0.39, 0.29) is 11.6 Å². The predicted molar refractivity (Wildman–Crippen MR) is 46.9 cm³/mol. The molecule has 0 atom stereocenters. The molecule has 2 fully saturated rings. The molecule has 2 amide bonds. The Morgan fingerprint density at radius 3 is 2.50 bits per heavy atom. The number of urea groups is 1. The number of carbonyl (C=O) groups is 1. The first kappa shape index (κ1) is 7.90. The number of carbonyl (C=O) groups excluding carboxylic acids is 1. The second kappa shape index (κ2) is 2.64. The van der Waals surface area contributed by atoms with Crippen LogP contribution in [-0.4, -0.2) is 17.6 Å². The second-order valence-corrected chi connectivity index (χ2v) is 4.29. The van der Waals surface area contributed by atoms with E-state index in [2.05, 4.69) is 17.6 Å². The van der Waals surface area contributed by atoms with Crippen LogP contribution in [0.3, 0.4) is 0 Å². The molecule has 0 aliphatic heterocycles. The number of nitrogens with one attached hydrogen (secondary N) is 2. The highest BCUT2D eigenvalue weighted by atomic mass is 16.2. The molecule has 2 saturated carbocycles. The van der Waals surface area contributed by atoms with Crippen molar-refractivity contribution in [2.45, 2.75) is 50.6 Å². The molecule has 12 heavy (non-hydrogen) atoms. The molecular formula is C9H16N2O. The van der Waals surface area contributed by atoms with Crippen LogP contribution in [0.25, 0.3) is 0 Å². The van der Waals surface area contributed by atoms with E-state index in [4.69, 9.17) is 0 Å². The lowest BCUT2D eigenvalue weighted by atomic mass is 9.79. The zero-order valence-corrected chi connectivity index (χ0v) is 7.52. The minimum atomic E-state index is 0.0275. The molecule has 2 aliphatic rings. The first-order valence-corrected chi connectivity index (χ1v) is 4.77. The van der Waals surface area contributed by atoms with Gasteiger partial charge >= 0.3 is 6.03 Å². The maximum Gasteiger partial charge on any atom is 0.315 e. The van der Waals surface area contributed by atoms with Crippen LogP contribution in [-0.2, 0) is 0 Å². The van der Waals surface area contributed by atoms with Crippen molar-refractivity contribution in [3.63, 3.8) is 0 Å². The fourth-order valence-electron chi connectivity index (χ4n) is 1.56. The van der Waals surface area contributed by atoms with E-state index >= 15 is 0 Å². The van der Waals surface area contributed by atoms with Gasteiger partial charge in [0.05, 0.1) is 0 Å². The van der Waals surface area contributed by atoms with E-state index in [0.717, 1.165) is 25.7 Å². The van der Waals surface area contributed by atoms with E-state index in [0.29, 0.717) is 6.04 Å².